The predicted octanol–water partition coefficient (Wildman–Crippen LogP) is 7.84. The normalized spacial score (nSPS) is 20.3. The first-order chi connectivity index (χ1) is 40.5. The van der Waals surface area contributed by atoms with Crippen LogP contribution in [0.3, 0.4) is 0 Å². The first kappa shape index (κ1) is 36.0. The van der Waals surface area contributed by atoms with E-state index in [9.17, 15) is 16.4 Å². The molecule has 0 spiro atoms. The summed E-state index contributed by atoms with van der Waals surface area (Å²) in [5.41, 5.74) is 0. The van der Waals surface area contributed by atoms with E-state index in [-0.39, 0.29) is 10.4 Å². The third-order valence-corrected chi connectivity index (χ3v) is 37.0. The van der Waals surface area contributed by atoms with Gasteiger partial charge in [-0.2, -0.15) is 0 Å². The van der Waals surface area contributed by atoms with Crippen molar-refractivity contribution in [2.45, 2.75) is 58.6 Å². The van der Waals surface area contributed by atoms with Crippen LogP contribution in [0.1, 0.15) is 16.4 Å². The first-order valence-corrected chi connectivity index (χ1v) is 37.4. The molecule has 0 N–H and O–H groups in total. The molecule has 2 unspecified atom stereocenters. The van der Waals surface area contributed by atoms with Gasteiger partial charge >= 0.3 is 0 Å². The average Bonchev–Trinajstić information content (AvgIpc) is 0.816. The highest BCUT2D eigenvalue weighted by molar-refractivity contribution is 8.00. The molecule has 10 aromatic rings. The second-order valence-corrected chi connectivity index (χ2v) is 38.6. The zero-order valence-corrected chi connectivity index (χ0v) is 47.2. The summed E-state index contributed by atoms with van der Waals surface area (Å²) in [6, 6.07) is 83.6. The van der Waals surface area contributed by atoms with Gasteiger partial charge in [-0.3, -0.25) is 0 Å². The Labute approximate surface area is 463 Å². The van der Waals surface area contributed by atoms with E-state index in [1.807, 2.05) is 195 Å². The van der Waals surface area contributed by atoms with Crippen molar-refractivity contribution in [2.24, 2.45) is 0 Å². The lowest BCUT2D eigenvalue weighted by atomic mass is 10.3. The van der Waals surface area contributed by atoms with Gasteiger partial charge in [0.2, 0.25) is 0 Å². The van der Waals surface area contributed by atoms with Crippen molar-refractivity contribution in [1.29, 1.82) is 0 Å². The molecule has 2 aliphatic rings. The third-order valence-electron chi connectivity index (χ3n) is 15.5. The second kappa shape index (κ2) is 18.7. The number of hydrogen-bond donors (Lipinski definition) is 0. The molecular formula is C66H60S2Si5. The molecule has 0 saturated heterocycles. The monoisotopic (exact) mass is 1070 g/mol. The van der Waals surface area contributed by atoms with Crippen molar-refractivity contribution >= 4 is 137 Å². The fourth-order valence-electron chi connectivity index (χ4n) is 11.9. The lowest BCUT2D eigenvalue weighted by molar-refractivity contribution is 1.42. The Morgan fingerprint density at radius 1 is 0.315 bits per heavy atom. The van der Waals surface area contributed by atoms with Crippen molar-refractivity contribution < 1.29 is 16.4 Å². The van der Waals surface area contributed by atoms with Crippen molar-refractivity contribution in [3.05, 3.63) is 255 Å². The van der Waals surface area contributed by atoms with Crippen LogP contribution in [0.4, 0.5) is 0 Å². The lowest BCUT2D eigenvalue weighted by Crippen LogP contribution is -2.77. The summed E-state index contributed by atoms with van der Waals surface area (Å²) >= 11 is 3.17. The minimum Gasteiger partial charge on any atom is -0.0904 e. The SMILES string of the molecule is [2H]C([2H])([2H])[Si]1(C)c2ccccc2Sc2c([Si](c3ccccc3)(c3ccccc3)c3cccc([Si](c4cccc([Si](c5ccccc5)(c5ccccc5)c5cccc6c5Sc5ccccc5[Si]6(C)C([2H])([2H])[2H])c4)(C([2H])([2H])[2H])C([2H])([2H])[2H])c3)cccc21. The van der Waals surface area contributed by atoms with Gasteiger partial charge in [-0.05, 0) is 74.4 Å². The smallest absolute Gasteiger partial charge is 0.0904 e. The van der Waals surface area contributed by atoms with Gasteiger partial charge in [-0.25, -0.2) is 0 Å². The molecule has 0 amide bonds. The molecule has 7 heteroatoms. The van der Waals surface area contributed by atoms with Crippen molar-refractivity contribution in [1.82, 2.24) is 0 Å². The molecule has 73 heavy (non-hydrogen) atoms. The fraction of sp³-hybridized carbons (Fsp3) is 0.0909. The molecule has 0 nitrogen and oxygen atoms in total. The molecule has 0 saturated carbocycles. The largest absolute Gasteiger partial charge is 0.180 e. The average molecular weight is 1070 g/mol. The van der Waals surface area contributed by atoms with Gasteiger partial charge in [0, 0.05) is 36.0 Å². The minimum absolute atomic E-state index is 0.228. The molecule has 10 aromatic carbocycles. The zero-order valence-electron chi connectivity index (χ0n) is 52.6. The molecule has 2 aliphatic heterocycles. The van der Waals surface area contributed by atoms with E-state index >= 15 is 0 Å². The lowest BCUT2D eigenvalue weighted by Gasteiger charge is -2.41. The summed E-state index contributed by atoms with van der Waals surface area (Å²) < 4.78 is 115. The quantitative estimate of drug-likeness (QED) is 0.101. The standard InChI is InChI=1S/C66H60S2Si5/c1-69(2,53-35-23-37-55(47-53)72(49-27-11-7-12-28-49,50-29-13-8-14-30-50)63-45-25-43-61-65(63)67-57-39-19-21-41-59(57)70(61,3)4)54-36-24-38-56(48-54)73(51-31-15-9-16-32-51,52-33-17-10-18-34-52)64-46-26-44-62-66(64)68-58-40-20-22-42-60(58)71(62,5)6/h7-48H,1-6H3/i1D3,2D3,3D3,5D3. The van der Waals surface area contributed by atoms with Crippen LogP contribution in [-0.2, 0) is 0 Å². The van der Waals surface area contributed by atoms with E-state index < -0.39 is 66.3 Å². The van der Waals surface area contributed by atoms with Crippen molar-refractivity contribution in [3.8, 4) is 0 Å². The highest BCUT2D eigenvalue weighted by Gasteiger charge is 2.49. The Morgan fingerprint density at radius 3 is 0.973 bits per heavy atom. The molecule has 0 bridgehead atoms. The molecule has 12 rings (SSSR count). The van der Waals surface area contributed by atoms with Crippen LogP contribution in [0.15, 0.2) is 274 Å². The third kappa shape index (κ3) is 7.64. The van der Waals surface area contributed by atoms with Crippen LogP contribution >= 0.6 is 23.5 Å². The van der Waals surface area contributed by atoms with E-state index in [1.54, 1.807) is 35.7 Å². The first-order valence-electron chi connectivity index (χ1n) is 30.7. The zero-order chi connectivity index (χ0) is 60.0. The topological polar surface area (TPSA) is 0 Å². The van der Waals surface area contributed by atoms with Gasteiger partial charge in [-0.1, -0.05) is 316 Å². The highest BCUT2D eigenvalue weighted by Crippen LogP contribution is 2.35. The van der Waals surface area contributed by atoms with Crippen LogP contribution in [0.2, 0.25) is 39.0 Å². The van der Waals surface area contributed by atoms with Crippen LogP contribution in [0.25, 0.3) is 0 Å². The second-order valence-electron chi connectivity index (χ2n) is 19.7. The van der Waals surface area contributed by atoms with Gasteiger partial charge in [0.15, 0.2) is 16.1 Å². The van der Waals surface area contributed by atoms with Crippen LogP contribution in [-0.4, -0.2) is 40.4 Å². The molecule has 0 radical (unpaired) electrons. The summed E-state index contributed by atoms with van der Waals surface area (Å²) in [5, 5.41) is 11.0. The Balaban J connectivity index is 1.17. The highest BCUT2D eigenvalue weighted by atomic mass is 32.2. The summed E-state index contributed by atoms with van der Waals surface area (Å²) in [6.07, 6.45) is 0. The molecule has 2 atom stereocenters. The fourth-order valence-corrected chi connectivity index (χ4v) is 34.7. The molecule has 2 heterocycles. The molecule has 0 fully saturated rings. The van der Waals surface area contributed by atoms with Crippen molar-refractivity contribution in [2.75, 3.05) is 0 Å². The van der Waals surface area contributed by atoms with Crippen LogP contribution in [0.5, 0.6) is 0 Å². The Kier molecular flexibility index (Phi) is 9.24. The molecule has 356 valence electrons. The van der Waals surface area contributed by atoms with Gasteiger partial charge in [0.25, 0.3) is 0 Å². The Morgan fingerprint density at radius 2 is 0.616 bits per heavy atom. The summed E-state index contributed by atoms with van der Waals surface area (Å²) in [4.78, 5) is 3.52. The summed E-state index contributed by atoms with van der Waals surface area (Å²) in [7, 11) is -19.7. The van der Waals surface area contributed by atoms with E-state index in [0.717, 1.165) is 81.8 Å². The number of rotatable bonds is 10. The maximum atomic E-state index is 9.95. The van der Waals surface area contributed by atoms with E-state index in [1.165, 1.54) is 0 Å². The summed E-state index contributed by atoms with van der Waals surface area (Å²) in [6.45, 7) is -6.90. The van der Waals surface area contributed by atoms with Crippen LogP contribution < -0.4 is 72.6 Å². The maximum Gasteiger partial charge on any atom is 0.180 e. The number of benzene rings is 10. The van der Waals surface area contributed by atoms with Gasteiger partial charge in [0.1, 0.15) is 24.2 Å². The molecular weight excluding hydrogens is 997 g/mol. The van der Waals surface area contributed by atoms with Crippen molar-refractivity contribution in [3.63, 3.8) is 0 Å². The Hall–Kier alpha value is -6.02. The van der Waals surface area contributed by atoms with Gasteiger partial charge in [-0.15, -0.1) is 0 Å². The van der Waals surface area contributed by atoms with Crippen LogP contribution in [0, 0.1) is 0 Å². The Bertz CT molecular complexity index is 3800. The van der Waals surface area contributed by atoms with Gasteiger partial charge < -0.3 is 0 Å². The van der Waals surface area contributed by atoms with E-state index in [0.29, 0.717) is 0 Å². The van der Waals surface area contributed by atoms with E-state index in [4.69, 9.17) is 0 Å². The minimum atomic E-state index is -5.13. The molecule has 0 aliphatic carbocycles. The van der Waals surface area contributed by atoms with Gasteiger partial charge in [0.05, 0.1) is 0 Å². The predicted molar refractivity (Wildman–Crippen MR) is 331 cm³/mol. The molecule has 0 aromatic heterocycles. The van der Waals surface area contributed by atoms with E-state index in [2.05, 4.69) is 60.7 Å². The maximum absolute atomic E-state index is 9.95. The number of hydrogen-bond acceptors (Lipinski definition) is 2. The summed E-state index contributed by atoms with van der Waals surface area (Å²) in [5.74, 6) is 0. The number of fused-ring (bicyclic) bond motifs is 4.